The highest BCUT2D eigenvalue weighted by atomic mass is 16.3. The Kier molecular flexibility index (Phi) is 8.81. The molecule has 0 spiro atoms. The number of rotatable bonds is 9. The second-order valence-corrected chi connectivity index (χ2v) is 14.4. The Morgan fingerprint density at radius 1 is 0.509 bits per heavy atom. The van der Waals surface area contributed by atoms with Gasteiger partial charge < -0.3 is 13.7 Å². The molecule has 3 heteroatoms. The maximum atomic E-state index is 6.46. The van der Waals surface area contributed by atoms with Gasteiger partial charge >= 0.3 is 0 Å². The van der Waals surface area contributed by atoms with E-state index in [4.69, 9.17) is 8.83 Å². The van der Waals surface area contributed by atoms with Crippen LogP contribution in [0.1, 0.15) is 24.0 Å². The first-order chi connectivity index (χ1) is 28.2. The molecule has 0 saturated heterocycles. The van der Waals surface area contributed by atoms with Gasteiger partial charge in [-0.25, -0.2) is 0 Å². The monoisotopic (exact) mass is 733 g/mol. The SMILES string of the molecule is C=C/C=C(\C=C/N(C1=CC=C(c2ccc(-c3ccccc3)cc2)CC1)c1ccc(-c2cccc3c2oc2ccccc23)cc1)c1cccc2c1oc1ccccc12. The van der Waals surface area contributed by atoms with E-state index in [1.807, 2.05) is 30.3 Å². The van der Waals surface area contributed by atoms with E-state index >= 15 is 0 Å². The molecule has 3 nitrogen and oxygen atoms in total. The van der Waals surface area contributed by atoms with E-state index in [0.29, 0.717) is 0 Å². The van der Waals surface area contributed by atoms with Crippen molar-refractivity contribution in [2.24, 2.45) is 0 Å². The lowest BCUT2D eigenvalue weighted by Crippen LogP contribution is -2.17. The third-order valence-corrected chi connectivity index (χ3v) is 11.1. The number of allylic oxidation sites excluding steroid dienone is 8. The lowest BCUT2D eigenvalue weighted by Gasteiger charge is -2.27. The van der Waals surface area contributed by atoms with Gasteiger partial charge in [0.05, 0.1) is 0 Å². The second kappa shape index (κ2) is 14.7. The van der Waals surface area contributed by atoms with Crippen LogP contribution in [0.3, 0.4) is 0 Å². The summed E-state index contributed by atoms with van der Waals surface area (Å²) in [7, 11) is 0. The first-order valence-corrected chi connectivity index (χ1v) is 19.5. The minimum atomic E-state index is 0.870. The average molecular weight is 734 g/mol. The predicted octanol–water partition coefficient (Wildman–Crippen LogP) is 15.2. The Morgan fingerprint density at radius 3 is 1.81 bits per heavy atom. The van der Waals surface area contributed by atoms with Gasteiger partial charge in [0.1, 0.15) is 22.3 Å². The molecule has 57 heavy (non-hydrogen) atoms. The molecule has 1 aliphatic rings. The Hall–Kier alpha value is -7.36. The molecule has 0 atom stereocenters. The van der Waals surface area contributed by atoms with Crippen LogP contribution in [0.5, 0.6) is 0 Å². The minimum Gasteiger partial charge on any atom is -0.455 e. The van der Waals surface area contributed by atoms with Crippen LogP contribution < -0.4 is 4.90 Å². The normalized spacial score (nSPS) is 13.4. The maximum Gasteiger partial charge on any atom is 0.143 e. The van der Waals surface area contributed by atoms with Crippen molar-refractivity contribution in [3.8, 4) is 22.3 Å². The van der Waals surface area contributed by atoms with Crippen LogP contribution in [-0.4, -0.2) is 0 Å². The average Bonchev–Trinajstić information content (AvgIpc) is 3.86. The summed E-state index contributed by atoms with van der Waals surface area (Å²) in [6.45, 7) is 4.08. The summed E-state index contributed by atoms with van der Waals surface area (Å²) < 4.78 is 12.9. The van der Waals surface area contributed by atoms with Gasteiger partial charge in [-0.1, -0.05) is 164 Å². The molecule has 272 valence electrons. The molecule has 0 unspecified atom stereocenters. The molecule has 0 aliphatic heterocycles. The van der Waals surface area contributed by atoms with Gasteiger partial charge in [0.15, 0.2) is 0 Å². The van der Waals surface area contributed by atoms with E-state index in [1.165, 1.54) is 28.0 Å². The van der Waals surface area contributed by atoms with Gasteiger partial charge in [0, 0.05) is 50.3 Å². The lowest BCUT2D eigenvalue weighted by molar-refractivity contribution is 0.667. The van der Waals surface area contributed by atoms with Crippen LogP contribution in [0.25, 0.3) is 77.3 Å². The lowest BCUT2D eigenvalue weighted by atomic mass is 9.93. The number of benzene rings is 7. The van der Waals surface area contributed by atoms with E-state index in [1.54, 1.807) is 0 Å². The Bertz CT molecular complexity index is 3060. The van der Waals surface area contributed by atoms with Gasteiger partial charge in [-0.2, -0.15) is 0 Å². The van der Waals surface area contributed by atoms with Crippen LogP contribution >= 0.6 is 0 Å². The summed E-state index contributed by atoms with van der Waals surface area (Å²) in [5.74, 6) is 0. The largest absolute Gasteiger partial charge is 0.455 e. The fourth-order valence-corrected chi connectivity index (χ4v) is 8.19. The molecule has 0 saturated carbocycles. The Balaban J connectivity index is 1.03. The first kappa shape index (κ1) is 34.2. The van der Waals surface area contributed by atoms with Crippen molar-refractivity contribution in [1.29, 1.82) is 0 Å². The summed E-state index contributed by atoms with van der Waals surface area (Å²) in [5.41, 5.74) is 15.1. The van der Waals surface area contributed by atoms with E-state index in [2.05, 4.69) is 182 Å². The van der Waals surface area contributed by atoms with E-state index in [9.17, 15) is 0 Å². The quantitative estimate of drug-likeness (QED) is 0.138. The third-order valence-electron chi connectivity index (χ3n) is 11.1. The molecule has 0 amide bonds. The first-order valence-electron chi connectivity index (χ1n) is 19.5. The van der Waals surface area contributed by atoms with Gasteiger partial charge in [0.25, 0.3) is 0 Å². The summed E-state index contributed by atoms with van der Waals surface area (Å²) >= 11 is 0. The Labute approximate surface area is 332 Å². The number of hydrogen-bond acceptors (Lipinski definition) is 3. The molecule has 0 radical (unpaired) electrons. The third kappa shape index (κ3) is 6.39. The number of hydrogen-bond donors (Lipinski definition) is 0. The molecule has 0 N–H and O–H groups in total. The number of para-hydroxylation sites is 4. The number of fused-ring (bicyclic) bond motifs is 6. The van der Waals surface area contributed by atoms with Crippen molar-refractivity contribution in [1.82, 2.24) is 0 Å². The molecule has 0 bridgehead atoms. The van der Waals surface area contributed by atoms with Crippen molar-refractivity contribution >= 4 is 60.7 Å². The van der Waals surface area contributed by atoms with Crippen LogP contribution in [0.15, 0.2) is 221 Å². The van der Waals surface area contributed by atoms with Crippen molar-refractivity contribution in [3.63, 3.8) is 0 Å². The molecule has 2 aromatic heterocycles. The van der Waals surface area contributed by atoms with E-state index in [0.717, 1.165) is 84.7 Å². The zero-order valence-electron chi connectivity index (χ0n) is 31.4. The Morgan fingerprint density at radius 2 is 1.11 bits per heavy atom. The van der Waals surface area contributed by atoms with Crippen LogP contribution in [-0.2, 0) is 0 Å². The number of nitrogens with zero attached hydrogens (tertiary/aromatic N) is 1. The number of furan rings is 2. The fraction of sp³-hybridized carbons (Fsp3) is 0.0370. The molecule has 10 rings (SSSR count). The molecular weight excluding hydrogens is 695 g/mol. The highest BCUT2D eigenvalue weighted by molar-refractivity contribution is 6.10. The molecule has 9 aromatic rings. The molecule has 0 fully saturated rings. The summed E-state index contributed by atoms with van der Waals surface area (Å²) in [6.07, 6.45) is 14.6. The van der Waals surface area contributed by atoms with Crippen molar-refractivity contribution in [3.05, 3.63) is 224 Å². The van der Waals surface area contributed by atoms with Crippen LogP contribution in [0.2, 0.25) is 0 Å². The van der Waals surface area contributed by atoms with E-state index in [-0.39, 0.29) is 0 Å². The number of anilines is 1. The minimum absolute atomic E-state index is 0.870. The highest BCUT2D eigenvalue weighted by Gasteiger charge is 2.18. The van der Waals surface area contributed by atoms with Crippen molar-refractivity contribution < 1.29 is 8.83 Å². The van der Waals surface area contributed by atoms with Crippen molar-refractivity contribution in [2.45, 2.75) is 12.8 Å². The topological polar surface area (TPSA) is 29.5 Å². The smallest absolute Gasteiger partial charge is 0.143 e. The molecular formula is C54H39NO2. The highest BCUT2D eigenvalue weighted by Crippen LogP contribution is 2.39. The summed E-state index contributed by atoms with van der Waals surface area (Å²) in [4.78, 5) is 2.31. The predicted molar refractivity (Wildman–Crippen MR) is 240 cm³/mol. The molecule has 1 aliphatic carbocycles. The van der Waals surface area contributed by atoms with Crippen LogP contribution in [0, 0.1) is 0 Å². The zero-order valence-corrected chi connectivity index (χ0v) is 31.4. The van der Waals surface area contributed by atoms with Gasteiger partial charge in [-0.05, 0) is 82.7 Å². The summed E-state index contributed by atoms with van der Waals surface area (Å²) in [6, 6.07) is 57.5. The van der Waals surface area contributed by atoms with Gasteiger partial charge in [-0.15, -0.1) is 0 Å². The van der Waals surface area contributed by atoms with Gasteiger partial charge in [0.2, 0.25) is 0 Å². The molecule has 7 aromatic carbocycles. The maximum absolute atomic E-state index is 6.46. The van der Waals surface area contributed by atoms with Gasteiger partial charge in [-0.3, -0.25) is 0 Å². The zero-order chi connectivity index (χ0) is 38.1. The standard InChI is InChI=1S/C54H39NO2/c1-2-12-41(45-17-10-19-49-47-15-6-8-21-51(47)56-53(45)49)35-36-55(43-31-27-40(28-32-43)39-25-23-38(24-26-39)37-13-4-3-5-14-37)44-33-29-42(30-34-44)46-18-11-20-50-48-16-7-9-22-52(48)57-54(46)50/h2-27,29-31,33-36H,1,28,32H2/b36-35-,41-12+. The van der Waals surface area contributed by atoms with E-state index < -0.39 is 0 Å². The fourth-order valence-electron chi connectivity index (χ4n) is 8.19. The second-order valence-electron chi connectivity index (χ2n) is 14.4. The summed E-state index contributed by atoms with van der Waals surface area (Å²) in [5, 5.41) is 4.47. The van der Waals surface area contributed by atoms with Crippen LogP contribution in [0.4, 0.5) is 5.69 Å². The molecule has 2 heterocycles. The van der Waals surface area contributed by atoms with Crippen molar-refractivity contribution in [2.75, 3.05) is 4.90 Å².